The summed E-state index contributed by atoms with van der Waals surface area (Å²) in [7, 11) is -4.07. The van der Waals surface area contributed by atoms with E-state index < -0.39 is 46.6 Å². The van der Waals surface area contributed by atoms with Crippen LogP contribution in [0.2, 0.25) is 0 Å². The molecule has 0 spiro atoms. The van der Waals surface area contributed by atoms with Crippen LogP contribution >= 0.6 is 11.3 Å². The number of thiophene rings is 1. The molecule has 8 N–H and O–H groups in total. The highest BCUT2D eigenvalue weighted by Gasteiger charge is 2.38. The van der Waals surface area contributed by atoms with E-state index in [2.05, 4.69) is 15.0 Å². The summed E-state index contributed by atoms with van der Waals surface area (Å²) in [5.74, 6) is -4.69. The molecule has 0 radical (unpaired) electrons. The van der Waals surface area contributed by atoms with E-state index in [1.54, 1.807) is 18.2 Å². The van der Waals surface area contributed by atoms with Crippen LogP contribution in [0.15, 0.2) is 76.6 Å². The minimum absolute atomic E-state index is 0.00814. The lowest BCUT2D eigenvalue weighted by atomic mass is 10.1. The summed E-state index contributed by atoms with van der Waals surface area (Å²) in [6.45, 7) is -0.105. The molecule has 0 bridgehead atoms. The van der Waals surface area contributed by atoms with Crippen molar-refractivity contribution in [1.29, 1.82) is 0 Å². The highest BCUT2D eigenvalue weighted by atomic mass is 32.2. The Balaban J connectivity index is 0.000000745. The summed E-state index contributed by atoms with van der Waals surface area (Å²) in [4.78, 5) is 38.1. The van der Waals surface area contributed by atoms with Gasteiger partial charge in [-0.15, -0.1) is 11.3 Å². The van der Waals surface area contributed by atoms with Gasteiger partial charge in [0.1, 0.15) is 6.04 Å². The highest BCUT2D eigenvalue weighted by molar-refractivity contribution is 7.89. The number of hydrogen-bond acceptors (Lipinski definition) is 7. The normalized spacial score (nSPS) is 11.9. The first-order valence-corrected chi connectivity index (χ1v) is 13.5. The van der Waals surface area contributed by atoms with E-state index in [0.717, 1.165) is 16.0 Å². The van der Waals surface area contributed by atoms with E-state index in [-0.39, 0.29) is 10.9 Å². The second-order valence-electron chi connectivity index (χ2n) is 7.94. The van der Waals surface area contributed by atoms with Gasteiger partial charge in [0.05, 0.1) is 16.3 Å². The number of nitrogens with one attached hydrogen (secondary N) is 2. The Hall–Kier alpha value is -4.48. The number of nitrogens with two attached hydrogens (primary N) is 2. The third-order valence-electron chi connectivity index (χ3n) is 4.84. The van der Waals surface area contributed by atoms with Crippen LogP contribution in [0.1, 0.15) is 15.2 Å². The molecule has 0 fully saturated rings. The molecule has 17 heteroatoms. The van der Waals surface area contributed by atoms with Crippen LogP contribution in [0, 0.1) is 0 Å². The molecule has 1 aromatic heterocycles. The first kappa shape index (κ1) is 32.7. The van der Waals surface area contributed by atoms with Crippen LogP contribution in [-0.4, -0.2) is 61.2 Å². The quantitative estimate of drug-likeness (QED) is 0.145. The number of carbonyl (C=O) groups excluding carboxylic acids is 1. The van der Waals surface area contributed by atoms with Crippen molar-refractivity contribution in [2.24, 2.45) is 16.5 Å². The molecular formula is C24H24F3N5O7S2. The molecule has 1 unspecified atom stereocenters. The van der Waals surface area contributed by atoms with Crippen LogP contribution in [-0.2, 0) is 26.2 Å². The zero-order valence-corrected chi connectivity index (χ0v) is 22.5. The Morgan fingerprint density at radius 1 is 0.976 bits per heavy atom. The van der Waals surface area contributed by atoms with E-state index in [9.17, 15) is 36.3 Å². The fourth-order valence-corrected chi connectivity index (χ4v) is 5.07. The summed E-state index contributed by atoms with van der Waals surface area (Å²) >= 11 is 1.21. The number of benzene rings is 2. The number of rotatable bonds is 10. The summed E-state index contributed by atoms with van der Waals surface area (Å²) in [5, 5.41) is 19.0. The van der Waals surface area contributed by atoms with Crippen molar-refractivity contribution in [2.75, 3.05) is 6.54 Å². The van der Waals surface area contributed by atoms with Crippen LogP contribution in [0.25, 0.3) is 10.4 Å². The minimum Gasteiger partial charge on any atom is -0.480 e. The molecule has 3 aromatic rings. The number of alkyl halides is 3. The maximum atomic E-state index is 12.6. The first-order valence-electron chi connectivity index (χ1n) is 11.2. The molecule has 0 aliphatic rings. The van der Waals surface area contributed by atoms with Gasteiger partial charge in [-0.1, -0.05) is 36.4 Å². The molecule has 12 nitrogen and oxygen atoms in total. The smallest absolute Gasteiger partial charge is 0.480 e. The maximum absolute atomic E-state index is 12.6. The Labute approximate surface area is 235 Å². The van der Waals surface area contributed by atoms with Gasteiger partial charge in [0, 0.05) is 11.4 Å². The molecule has 3 rings (SSSR count). The van der Waals surface area contributed by atoms with Crippen molar-refractivity contribution >= 4 is 45.2 Å². The van der Waals surface area contributed by atoms with Gasteiger partial charge in [-0.2, -0.15) is 17.9 Å². The van der Waals surface area contributed by atoms with Crippen LogP contribution in [0.5, 0.6) is 0 Å². The molecule has 0 saturated carbocycles. The van der Waals surface area contributed by atoms with Gasteiger partial charge in [-0.3, -0.25) is 9.59 Å². The number of carboxylic acid groups (broad SMARTS) is 2. The zero-order valence-electron chi connectivity index (χ0n) is 20.8. The van der Waals surface area contributed by atoms with Gasteiger partial charge >= 0.3 is 18.1 Å². The molecule has 2 aromatic carbocycles. The summed E-state index contributed by atoms with van der Waals surface area (Å²) < 4.78 is 58.7. The first-order chi connectivity index (χ1) is 19.1. The Morgan fingerprint density at radius 2 is 1.61 bits per heavy atom. The molecular weight excluding hydrogens is 591 g/mol. The Morgan fingerprint density at radius 3 is 2.17 bits per heavy atom. The van der Waals surface area contributed by atoms with Crippen molar-refractivity contribution in [3.8, 4) is 10.4 Å². The topological polar surface area (TPSA) is 214 Å². The van der Waals surface area contributed by atoms with Crippen LogP contribution in [0.4, 0.5) is 13.2 Å². The molecule has 1 amide bonds. The number of aliphatic imine (C=N–C) groups is 1. The average molecular weight is 616 g/mol. The molecule has 41 heavy (non-hydrogen) atoms. The van der Waals surface area contributed by atoms with E-state index in [1.165, 1.54) is 35.6 Å². The van der Waals surface area contributed by atoms with Gasteiger partial charge in [-0.05, 0) is 41.5 Å². The predicted octanol–water partition coefficient (Wildman–Crippen LogP) is 1.98. The number of aliphatic carboxylic acids is 2. The van der Waals surface area contributed by atoms with Crippen molar-refractivity contribution < 1.29 is 46.2 Å². The van der Waals surface area contributed by atoms with Crippen LogP contribution in [0.3, 0.4) is 0 Å². The monoisotopic (exact) mass is 615 g/mol. The average Bonchev–Trinajstić information content (AvgIpc) is 3.41. The van der Waals surface area contributed by atoms with Gasteiger partial charge in [0.2, 0.25) is 10.0 Å². The second-order valence-corrected chi connectivity index (χ2v) is 10.7. The number of carboxylic acids is 2. The van der Waals surface area contributed by atoms with E-state index in [0.29, 0.717) is 11.4 Å². The van der Waals surface area contributed by atoms with Crippen LogP contribution < -0.4 is 21.5 Å². The Bertz CT molecular complexity index is 1510. The molecule has 220 valence electrons. The van der Waals surface area contributed by atoms with Crippen molar-refractivity contribution in [3.63, 3.8) is 0 Å². The van der Waals surface area contributed by atoms with Crippen molar-refractivity contribution in [3.05, 3.63) is 77.2 Å². The van der Waals surface area contributed by atoms with Gasteiger partial charge in [-0.25, -0.2) is 18.2 Å². The van der Waals surface area contributed by atoms with E-state index in [1.807, 2.05) is 24.3 Å². The number of hydrogen-bond donors (Lipinski definition) is 6. The fourth-order valence-electron chi connectivity index (χ4n) is 2.94. The Kier molecular flexibility index (Phi) is 11.4. The molecule has 1 heterocycles. The third kappa shape index (κ3) is 10.5. The largest absolute Gasteiger partial charge is 0.490 e. The molecule has 1 atom stereocenters. The summed E-state index contributed by atoms with van der Waals surface area (Å²) in [6.07, 6.45) is -5.08. The van der Waals surface area contributed by atoms with Crippen molar-refractivity contribution in [1.82, 2.24) is 10.0 Å². The number of guanidine groups is 1. The number of carbonyl (C=O) groups is 3. The third-order valence-corrected chi connectivity index (χ3v) is 7.46. The fraction of sp³-hybridized carbons (Fsp3) is 0.167. The maximum Gasteiger partial charge on any atom is 0.490 e. The lowest BCUT2D eigenvalue weighted by Crippen LogP contribution is -2.48. The molecule has 0 aliphatic carbocycles. The minimum atomic E-state index is -5.08. The zero-order chi connectivity index (χ0) is 30.8. The van der Waals surface area contributed by atoms with Gasteiger partial charge in [0.25, 0.3) is 5.91 Å². The number of sulfonamides is 1. The lowest BCUT2D eigenvalue weighted by molar-refractivity contribution is -0.192. The van der Waals surface area contributed by atoms with E-state index in [4.69, 9.17) is 21.4 Å². The highest BCUT2D eigenvalue weighted by Crippen LogP contribution is 2.29. The lowest BCUT2D eigenvalue weighted by Gasteiger charge is -2.15. The SMILES string of the molecule is NC(N)=NCc1cccc(-c2ccc(C(=O)NCC(NS(=O)(=O)c3ccccc3)C(=O)O)s2)c1.O=C(O)C(F)(F)F. The number of nitrogens with zero attached hydrogens (tertiary/aromatic N) is 1. The molecule has 0 saturated heterocycles. The number of halogens is 3. The second kappa shape index (κ2) is 14.2. The standard InChI is InChI=1S/C22H23N5O5S2.C2HF3O2/c23-22(24)26-12-14-5-4-6-15(11-14)18-9-10-19(33-18)20(28)25-13-17(21(29)30)27-34(31,32)16-7-2-1-3-8-16;3-2(4,5)1(6)7/h1-11,17,27H,12-13H2,(H,25,28)(H,29,30)(H4,23,24,26);(H,6,7). The van der Waals surface area contributed by atoms with Gasteiger partial charge in [0.15, 0.2) is 5.96 Å². The van der Waals surface area contributed by atoms with Crippen molar-refractivity contribution in [2.45, 2.75) is 23.7 Å². The van der Waals surface area contributed by atoms with Gasteiger partial charge < -0.3 is 27.0 Å². The molecule has 0 aliphatic heterocycles. The number of amides is 1. The summed E-state index contributed by atoms with van der Waals surface area (Å²) in [6, 6.07) is 16.7. The predicted molar refractivity (Wildman–Crippen MR) is 143 cm³/mol. The van der Waals surface area contributed by atoms with E-state index >= 15 is 0 Å². The summed E-state index contributed by atoms with van der Waals surface area (Å²) in [5.41, 5.74) is 12.5.